The number of hydrogen-bond acceptors (Lipinski definition) is 7. The van der Waals surface area contributed by atoms with Crippen LogP contribution in [0.25, 0.3) is 22.6 Å². The average molecular weight is 407 g/mol. The maximum atomic E-state index is 13.4. The minimum atomic E-state index is -0.184. The first-order chi connectivity index (χ1) is 14.5. The van der Waals surface area contributed by atoms with Crippen molar-refractivity contribution < 1.29 is 23.2 Å². The molecule has 0 aliphatic heterocycles. The van der Waals surface area contributed by atoms with Gasteiger partial charge in [0, 0.05) is 13.6 Å². The summed E-state index contributed by atoms with van der Waals surface area (Å²) >= 11 is 0. The molecule has 8 heteroatoms. The summed E-state index contributed by atoms with van der Waals surface area (Å²) < 4.78 is 21.4. The van der Waals surface area contributed by atoms with Crippen LogP contribution in [0.15, 0.2) is 51.6 Å². The van der Waals surface area contributed by atoms with Gasteiger partial charge in [-0.25, -0.2) is 4.98 Å². The van der Waals surface area contributed by atoms with E-state index in [0.717, 1.165) is 5.56 Å². The number of carbonyl (C=O) groups is 1. The van der Waals surface area contributed by atoms with Crippen LogP contribution < -0.4 is 9.47 Å². The van der Waals surface area contributed by atoms with Gasteiger partial charge in [-0.3, -0.25) is 4.79 Å². The quantitative estimate of drug-likeness (QED) is 0.476. The van der Waals surface area contributed by atoms with Gasteiger partial charge in [0.1, 0.15) is 5.69 Å². The van der Waals surface area contributed by atoms with Crippen LogP contribution in [0.1, 0.15) is 21.6 Å². The lowest BCUT2D eigenvalue weighted by atomic mass is 10.1. The normalized spacial score (nSPS) is 10.9. The molecular weight excluding hydrogens is 386 g/mol. The van der Waals surface area contributed by atoms with E-state index < -0.39 is 0 Å². The smallest absolute Gasteiger partial charge is 0.259 e. The van der Waals surface area contributed by atoms with Crippen LogP contribution in [0, 0.1) is 6.92 Å². The number of aromatic nitrogens is 2. The molecule has 8 nitrogen and oxygen atoms in total. The number of methoxy groups -OCH3 is 2. The van der Waals surface area contributed by atoms with Gasteiger partial charge in [-0.05, 0) is 42.8 Å². The highest BCUT2D eigenvalue weighted by Crippen LogP contribution is 2.30. The third-order valence-electron chi connectivity index (χ3n) is 4.84. The predicted octanol–water partition coefficient (Wildman–Crippen LogP) is 4.08. The number of hydrogen-bond donors (Lipinski definition) is 0. The van der Waals surface area contributed by atoms with Crippen molar-refractivity contribution in [3.63, 3.8) is 0 Å². The lowest BCUT2D eigenvalue weighted by Crippen LogP contribution is -2.26. The van der Waals surface area contributed by atoms with Gasteiger partial charge in [-0.2, -0.15) is 0 Å². The summed E-state index contributed by atoms with van der Waals surface area (Å²) in [5.74, 6) is 1.60. The van der Waals surface area contributed by atoms with E-state index in [2.05, 4.69) is 10.1 Å². The average Bonchev–Trinajstić information content (AvgIpc) is 3.43. The van der Waals surface area contributed by atoms with E-state index in [1.165, 1.54) is 0 Å². The van der Waals surface area contributed by atoms with Crippen molar-refractivity contribution in [1.82, 2.24) is 15.0 Å². The number of furan rings is 1. The van der Waals surface area contributed by atoms with Crippen LogP contribution in [-0.4, -0.2) is 42.2 Å². The minimum Gasteiger partial charge on any atom is -0.493 e. The van der Waals surface area contributed by atoms with E-state index in [-0.39, 0.29) is 5.91 Å². The zero-order valence-electron chi connectivity index (χ0n) is 17.1. The van der Waals surface area contributed by atoms with Crippen molar-refractivity contribution in [1.29, 1.82) is 0 Å². The highest BCUT2D eigenvalue weighted by atomic mass is 16.5. The number of nitrogens with zero attached hydrogens (tertiary/aromatic N) is 3. The van der Waals surface area contributed by atoms with Crippen LogP contribution in [0.3, 0.4) is 0 Å². The zero-order valence-corrected chi connectivity index (χ0v) is 17.1. The molecule has 0 spiro atoms. The molecule has 0 unspecified atom stereocenters. The molecule has 154 valence electrons. The van der Waals surface area contributed by atoms with E-state index in [0.29, 0.717) is 51.9 Å². The molecule has 0 saturated heterocycles. The zero-order chi connectivity index (χ0) is 21.3. The molecule has 0 atom stereocenters. The van der Waals surface area contributed by atoms with Crippen molar-refractivity contribution >= 4 is 17.0 Å². The SMILES string of the molecule is COc1ccc(CN(C)C(=O)c2cc(-c3ccco3)nc3onc(C)c23)cc1OC. The maximum Gasteiger partial charge on any atom is 0.259 e. The van der Waals surface area contributed by atoms with Gasteiger partial charge in [0.2, 0.25) is 0 Å². The van der Waals surface area contributed by atoms with Gasteiger partial charge in [-0.1, -0.05) is 11.2 Å². The molecule has 0 saturated carbocycles. The second-order valence-electron chi connectivity index (χ2n) is 6.83. The molecule has 4 aromatic rings. The van der Waals surface area contributed by atoms with Crippen molar-refractivity contribution in [2.45, 2.75) is 13.5 Å². The molecule has 4 rings (SSSR count). The summed E-state index contributed by atoms with van der Waals surface area (Å²) in [5, 5.41) is 4.57. The van der Waals surface area contributed by atoms with Crippen LogP contribution >= 0.6 is 0 Å². The number of benzene rings is 1. The van der Waals surface area contributed by atoms with Gasteiger partial charge in [-0.15, -0.1) is 0 Å². The van der Waals surface area contributed by atoms with E-state index in [1.807, 2.05) is 18.2 Å². The fourth-order valence-electron chi connectivity index (χ4n) is 3.34. The van der Waals surface area contributed by atoms with Crippen molar-refractivity contribution in [2.75, 3.05) is 21.3 Å². The number of carbonyl (C=O) groups excluding carboxylic acids is 1. The topological polar surface area (TPSA) is 90.8 Å². The van der Waals surface area contributed by atoms with E-state index in [1.54, 1.807) is 57.6 Å². The van der Waals surface area contributed by atoms with Gasteiger partial charge in [0.25, 0.3) is 11.6 Å². The largest absolute Gasteiger partial charge is 0.493 e. The van der Waals surface area contributed by atoms with Crippen molar-refractivity contribution in [2.24, 2.45) is 0 Å². The predicted molar refractivity (Wildman–Crippen MR) is 110 cm³/mol. The van der Waals surface area contributed by atoms with Gasteiger partial charge in [0.05, 0.1) is 37.1 Å². The number of aryl methyl sites for hydroxylation is 1. The Balaban J connectivity index is 1.69. The van der Waals surface area contributed by atoms with E-state index >= 15 is 0 Å². The molecular formula is C22H21N3O5. The monoisotopic (exact) mass is 407 g/mol. The second kappa shape index (κ2) is 7.90. The molecule has 0 bridgehead atoms. The summed E-state index contributed by atoms with van der Waals surface area (Å²) in [6, 6.07) is 10.8. The third-order valence-corrected chi connectivity index (χ3v) is 4.84. The summed E-state index contributed by atoms with van der Waals surface area (Å²) in [5.41, 5.74) is 2.76. The Bertz CT molecular complexity index is 1200. The molecule has 30 heavy (non-hydrogen) atoms. The first-order valence-corrected chi connectivity index (χ1v) is 9.29. The Hall–Kier alpha value is -3.81. The first kappa shape index (κ1) is 19.5. The Labute approximate surface area is 173 Å². The number of fused-ring (bicyclic) bond motifs is 1. The van der Waals surface area contributed by atoms with Gasteiger partial charge >= 0.3 is 0 Å². The van der Waals surface area contributed by atoms with Gasteiger partial charge < -0.3 is 23.3 Å². The molecule has 0 N–H and O–H groups in total. The number of ether oxygens (including phenoxy) is 2. The summed E-state index contributed by atoms with van der Waals surface area (Å²) in [7, 11) is 4.90. The highest BCUT2D eigenvalue weighted by molar-refractivity contribution is 6.06. The third kappa shape index (κ3) is 3.47. The molecule has 0 radical (unpaired) electrons. The van der Waals surface area contributed by atoms with Crippen molar-refractivity contribution in [3.05, 3.63) is 59.5 Å². The van der Waals surface area contributed by atoms with E-state index in [9.17, 15) is 4.79 Å². The molecule has 0 aliphatic carbocycles. The molecule has 0 aliphatic rings. The maximum absolute atomic E-state index is 13.4. The number of amides is 1. The number of rotatable bonds is 6. The molecule has 0 fully saturated rings. The second-order valence-corrected chi connectivity index (χ2v) is 6.83. The summed E-state index contributed by atoms with van der Waals surface area (Å²) in [6.45, 7) is 2.16. The van der Waals surface area contributed by atoms with E-state index in [4.69, 9.17) is 18.4 Å². The Morgan fingerprint density at radius 1 is 1.13 bits per heavy atom. The minimum absolute atomic E-state index is 0.184. The summed E-state index contributed by atoms with van der Waals surface area (Å²) in [4.78, 5) is 19.4. The van der Waals surface area contributed by atoms with Gasteiger partial charge in [0.15, 0.2) is 17.3 Å². The molecule has 3 aromatic heterocycles. The highest BCUT2D eigenvalue weighted by Gasteiger charge is 2.23. The molecule has 1 aromatic carbocycles. The fourth-order valence-corrected chi connectivity index (χ4v) is 3.34. The summed E-state index contributed by atoms with van der Waals surface area (Å²) in [6.07, 6.45) is 1.55. The Kier molecular flexibility index (Phi) is 5.14. The number of pyridine rings is 1. The Morgan fingerprint density at radius 2 is 1.93 bits per heavy atom. The first-order valence-electron chi connectivity index (χ1n) is 9.29. The molecule has 1 amide bonds. The van der Waals surface area contributed by atoms with Crippen molar-refractivity contribution in [3.8, 4) is 23.0 Å². The fraction of sp³-hybridized carbons (Fsp3) is 0.227. The van der Waals surface area contributed by atoms with Crippen LogP contribution in [0.4, 0.5) is 0 Å². The van der Waals surface area contributed by atoms with Crippen LogP contribution in [-0.2, 0) is 6.54 Å². The molecule has 3 heterocycles. The standard InChI is InChI=1S/C22H21N3O5/c1-13-20-15(11-16(17-6-5-9-29-17)23-21(20)30-24-13)22(26)25(2)12-14-7-8-18(27-3)19(10-14)28-4/h5-11H,12H2,1-4H3. The lowest BCUT2D eigenvalue weighted by molar-refractivity contribution is 0.0787. The van der Waals surface area contributed by atoms with Crippen LogP contribution in [0.5, 0.6) is 11.5 Å². The Morgan fingerprint density at radius 3 is 2.63 bits per heavy atom. The lowest BCUT2D eigenvalue weighted by Gasteiger charge is -2.19. The van der Waals surface area contributed by atoms with Crippen LogP contribution in [0.2, 0.25) is 0 Å².